The molecule has 3 N–H and O–H groups in total. The van der Waals surface area contributed by atoms with Crippen molar-refractivity contribution < 1.29 is 5.11 Å². The van der Waals surface area contributed by atoms with Crippen LogP contribution in [0, 0.1) is 0 Å². The minimum Gasteiger partial charge on any atom is -0.394 e. The molecule has 1 atom stereocenters. The summed E-state index contributed by atoms with van der Waals surface area (Å²) in [5.74, 6) is 0. The van der Waals surface area contributed by atoms with E-state index < -0.39 is 0 Å². The Labute approximate surface area is 121 Å². The number of hydrogen-bond acceptors (Lipinski definition) is 2. The van der Waals surface area contributed by atoms with Crippen LogP contribution in [0.5, 0.6) is 0 Å². The van der Waals surface area contributed by atoms with Crippen LogP contribution in [0.1, 0.15) is 97.3 Å². The van der Waals surface area contributed by atoms with E-state index in [9.17, 15) is 5.11 Å². The minimum atomic E-state index is -0.311. The molecule has 0 spiro atoms. The van der Waals surface area contributed by atoms with Gasteiger partial charge >= 0.3 is 0 Å². The van der Waals surface area contributed by atoms with Gasteiger partial charge in [-0.2, -0.15) is 0 Å². The molecule has 0 fully saturated rings. The second-order valence-corrected chi connectivity index (χ2v) is 6.20. The predicted molar refractivity (Wildman–Crippen MR) is 85.4 cm³/mol. The molecule has 0 aliphatic carbocycles. The summed E-state index contributed by atoms with van der Waals surface area (Å²) in [6.45, 7) is 4.54. The van der Waals surface area contributed by atoms with E-state index >= 15 is 0 Å². The number of aliphatic hydroxyl groups excluding tert-OH is 1. The van der Waals surface area contributed by atoms with Gasteiger partial charge in [-0.25, -0.2) is 0 Å². The monoisotopic (exact) mass is 271 g/mol. The molecular formula is C17H37NO. The largest absolute Gasteiger partial charge is 0.394 e. The first-order valence-corrected chi connectivity index (χ1v) is 8.58. The van der Waals surface area contributed by atoms with Crippen molar-refractivity contribution in [1.29, 1.82) is 0 Å². The molecule has 0 radical (unpaired) electrons. The van der Waals surface area contributed by atoms with Crippen LogP contribution in [-0.4, -0.2) is 17.3 Å². The maximum atomic E-state index is 9.33. The van der Waals surface area contributed by atoms with Gasteiger partial charge in [0.1, 0.15) is 0 Å². The highest BCUT2D eigenvalue weighted by Crippen LogP contribution is 2.19. The zero-order valence-corrected chi connectivity index (χ0v) is 13.4. The lowest BCUT2D eigenvalue weighted by molar-refractivity contribution is 0.174. The molecular weight excluding hydrogens is 234 g/mol. The van der Waals surface area contributed by atoms with Crippen LogP contribution in [0.2, 0.25) is 0 Å². The van der Waals surface area contributed by atoms with Crippen LogP contribution in [0.25, 0.3) is 0 Å². The van der Waals surface area contributed by atoms with Gasteiger partial charge in [-0.1, -0.05) is 84.5 Å². The molecule has 0 aliphatic rings. The highest BCUT2D eigenvalue weighted by molar-refractivity contribution is 4.82. The molecule has 0 aromatic heterocycles. The minimum absolute atomic E-state index is 0.137. The van der Waals surface area contributed by atoms with Crippen molar-refractivity contribution in [3.8, 4) is 0 Å². The maximum absolute atomic E-state index is 9.33. The van der Waals surface area contributed by atoms with Crippen molar-refractivity contribution >= 4 is 0 Å². The summed E-state index contributed by atoms with van der Waals surface area (Å²) in [5.41, 5.74) is 5.86. The molecule has 2 heteroatoms. The Morgan fingerprint density at radius 3 is 1.58 bits per heavy atom. The highest BCUT2D eigenvalue weighted by atomic mass is 16.3. The lowest BCUT2D eigenvalue weighted by Crippen LogP contribution is -2.43. The fraction of sp³-hybridized carbons (Fsp3) is 1.00. The van der Waals surface area contributed by atoms with Gasteiger partial charge < -0.3 is 10.8 Å². The molecule has 0 saturated carbocycles. The van der Waals surface area contributed by atoms with Crippen LogP contribution in [0.15, 0.2) is 0 Å². The van der Waals surface area contributed by atoms with E-state index in [1.807, 2.05) is 0 Å². The fourth-order valence-electron chi connectivity index (χ4n) is 2.75. The quantitative estimate of drug-likeness (QED) is 0.446. The molecule has 0 aliphatic heterocycles. The Morgan fingerprint density at radius 2 is 1.16 bits per heavy atom. The van der Waals surface area contributed by atoms with Gasteiger partial charge in [0.2, 0.25) is 0 Å². The van der Waals surface area contributed by atoms with Crippen LogP contribution in [0.4, 0.5) is 0 Å². The summed E-state index contributed by atoms with van der Waals surface area (Å²) in [4.78, 5) is 0. The summed E-state index contributed by atoms with van der Waals surface area (Å²) in [5, 5.41) is 9.33. The van der Waals surface area contributed by atoms with Crippen molar-refractivity contribution in [2.75, 3.05) is 6.61 Å². The van der Waals surface area contributed by atoms with Crippen molar-refractivity contribution in [1.82, 2.24) is 0 Å². The summed E-state index contributed by atoms with van der Waals surface area (Å²) in [6.07, 6.45) is 16.5. The van der Waals surface area contributed by atoms with E-state index in [-0.39, 0.29) is 12.1 Å². The van der Waals surface area contributed by atoms with Gasteiger partial charge in [-0.3, -0.25) is 0 Å². The first-order chi connectivity index (χ1) is 9.18. The number of aliphatic hydroxyl groups is 1. The van der Waals surface area contributed by atoms with Gasteiger partial charge in [-0.05, 0) is 12.8 Å². The topological polar surface area (TPSA) is 46.2 Å². The van der Waals surface area contributed by atoms with Gasteiger partial charge in [0.25, 0.3) is 0 Å². The van der Waals surface area contributed by atoms with E-state index in [4.69, 9.17) is 5.73 Å². The van der Waals surface area contributed by atoms with Crippen LogP contribution in [-0.2, 0) is 0 Å². The van der Waals surface area contributed by atoms with Crippen molar-refractivity contribution in [2.24, 2.45) is 5.73 Å². The summed E-state index contributed by atoms with van der Waals surface area (Å²) in [6, 6.07) is 0. The lowest BCUT2D eigenvalue weighted by Gasteiger charge is -2.26. The first-order valence-electron chi connectivity index (χ1n) is 8.58. The summed E-state index contributed by atoms with van der Waals surface area (Å²) in [7, 11) is 0. The van der Waals surface area contributed by atoms with E-state index in [1.54, 1.807) is 0 Å². The van der Waals surface area contributed by atoms with E-state index in [1.165, 1.54) is 64.2 Å². The molecule has 0 heterocycles. The Hall–Kier alpha value is -0.0800. The van der Waals surface area contributed by atoms with E-state index in [0.29, 0.717) is 0 Å². The number of nitrogens with two attached hydrogens (primary N) is 1. The Morgan fingerprint density at radius 1 is 0.684 bits per heavy atom. The Kier molecular flexibility index (Phi) is 12.9. The third kappa shape index (κ3) is 11.4. The van der Waals surface area contributed by atoms with E-state index in [0.717, 1.165) is 19.3 Å². The SMILES string of the molecule is CCCCCCCCCCCCC(N)(CO)CCC. The standard InChI is InChI=1S/C17H37NO/c1-3-5-6-7-8-9-10-11-12-13-15-17(18,16-19)14-4-2/h19H,3-16,18H2,1-2H3. The number of unbranched alkanes of at least 4 members (excludes halogenated alkanes) is 9. The van der Waals surface area contributed by atoms with Gasteiger partial charge in [0, 0.05) is 5.54 Å². The molecule has 0 saturated heterocycles. The van der Waals surface area contributed by atoms with Crippen LogP contribution in [0.3, 0.4) is 0 Å². The van der Waals surface area contributed by atoms with Gasteiger partial charge in [0.15, 0.2) is 0 Å². The molecule has 0 rings (SSSR count). The average molecular weight is 271 g/mol. The molecule has 19 heavy (non-hydrogen) atoms. The summed E-state index contributed by atoms with van der Waals surface area (Å²) >= 11 is 0. The maximum Gasteiger partial charge on any atom is 0.0611 e. The fourth-order valence-corrected chi connectivity index (χ4v) is 2.75. The smallest absolute Gasteiger partial charge is 0.0611 e. The zero-order valence-electron chi connectivity index (χ0n) is 13.4. The lowest BCUT2D eigenvalue weighted by atomic mass is 9.89. The predicted octanol–water partition coefficient (Wildman–Crippen LogP) is 4.79. The third-order valence-corrected chi connectivity index (χ3v) is 4.09. The van der Waals surface area contributed by atoms with Crippen molar-refractivity contribution in [3.63, 3.8) is 0 Å². The van der Waals surface area contributed by atoms with Crippen LogP contribution < -0.4 is 5.73 Å². The Balaban J connectivity index is 3.30. The molecule has 0 amide bonds. The molecule has 0 aromatic rings. The number of rotatable bonds is 14. The number of hydrogen-bond donors (Lipinski definition) is 2. The van der Waals surface area contributed by atoms with Crippen molar-refractivity contribution in [2.45, 2.75) is 103 Å². The van der Waals surface area contributed by atoms with E-state index in [2.05, 4.69) is 13.8 Å². The molecule has 2 nitrogen and oxygen atoms in total. The normalized spacial score (nSPS) is 14.5. The van der Waals surface area contributed by atoms with Crippen LogP contribution >= 0.6 is 0 Å². The molecule has 1 unspecified atom stereocenters. The first kappa shape index (κ1) is 18.9. The molecule has 0 aromatic carbocycles. The van der Waals surface area contributed by atoms with Gasteiger partial charge in [-0.15, -0.1) is 0 Å². The van der Waals surface area contributed by atoms with Crippen molar-refractivity contribution in [3.05, 3.63) is 0 Å². The average Bonchev–Trinajstić information content (AvgIpc) is 2.41. The third-order valence-electron chi connectivity index (χ3n) is 4.09. The molecule has 116 valence electrons. The highest BCUT2D eigenvalue weighted by Gasteiger charge is 2.21. The second kappa shape index (κ2) is 12.9. The van der Waals surface area contributed by atoms with Gasteiger partial charge in [0.05, 0.1) is 6.61 Å². The molecule has 0 bridgehead atoms. The zero-order chi connectivity index (χ0) is 14.4. The summed E-state index contributed by atoms with van der Waals surface area (Å²) < 4.78 is 0. The second-order valence-electron chi connectivity index (χ2n) is 6.20. The Bertz CT molecular complexity index is 184.